The zero-order valence-corrected chi connectivity index (χ0v) is 16.8. The van der Waals surface area contributed by atoms with Crippen LogP contribution in [0.15, 0.2) is 59.4 Å². The Morgan fingerprint density at radius 2 is 1.90 bits per heavy atom. The summed E-state index contributed by atoms with van der Waals surface area (Å²) < 4.78 is 7.71. The number of ether oxygens (including phenoxy) is 1. The topological polar surface area (TPSA) is 84.1 Å². The Balaban J connectivity index is 2.39. The summed E-state index contributed by atoms with van der Waals surface area (Å²) >= 11 is 1.10. The number of carbonyl (C=O) groups excluding carboxylic acids is 1. The molecule has 7 heteroatoms. The zero-order valence-electron chi connectivity index (χ0n) is 16.0. The number of aromatic nitrogens is 1. The molecular weight excluding hydrogens is 386 g/mol. The highest BCUT2D eigenvalue weighted by atomic mass is 32.1. The van der Waals surface area contributed by atoms with Crippen molar-refractivity contribution in [1.82, 2.24) is 9.88 Å². The molecule has 3 aromatic rings. The number of nitrogens with zero attached hydrogens (tertiary/aromatic N) is 2. The highest BCUT2D eigenvalue weighted by Gasteiger charge is 2.16. The van der Waals surface area contributed by atoms with E-state index in [9.17, 15) is 14.9 Å². The summed E-state index contributed by atoms with van der Waals surface area (Å²) in [4.78, 5) is 25.5. The normalized spacial score (nSPS) is 12.2. The van der Waals surface area contributed by atoms with Gasteiger partial charge in [0.1, 0.15) is 16.5 Å². The van der Waals surface area contributed by atoms with E-state index in [4.69, 9.17) is 4.74 Å². The van der Waals surface area contributed by atoms with Gasteiger partial charge in [0.15, 0.2) is 5.57 Å². The maximum absolute atomic E-state index is 13.2. The molecule has 0 atom stereocenters. The number of benzene rings is 2. The van der Waals surface area contributed by atoms with Gasteiger partial charge in [-0.25, -0.2) is 0 Å². The average molecular weight is 405 g/mol. The first-order valence-corrected chi connectivity index (χ1v) is 9.79. The van der Waals surface area contributed by atoms with Gasteiger partial charge in [0.05, 0.1) is 16.8 Å². The van der Waals surface area contributed by atoms with Gasteiger partial charge in [0, 0.05) is 12.6 Å². The Labute approximate surface area is 171 Å². The van der Waals surface area contributed by atoms with E-state index < -0.39 is 5.91 Å². The van der Waals surface area contributed by atoms with Gasteiger partial charge in [-0.2, -0.15) is 5.26 Å². The fourth-order valence-electron chi connectivity index (χ4n) is 2.81. The zero-order chi connectivity index (χ0) is 20.8. The Morgan fingerprint density at radius 3 is 2.55 bits per heavy atom. The standard InChI is InChI=1S/C22H19N3O3S/c1-3-28-18-12-8-7-9-15(18)13-19-21(27)25(16-10-5-4-6-11-16)22(29-19)17(14-23)20(26)24-2/h4-13H,3H2,1-2H3,(H,24,26)/b19-13+,22-17-. The average Bonchev–Trinajstić information content (AvgIpc) is 3.06. The van der Waals surface area contributed by atoms with Crippen LogP contribution in [0.1, 0.15) is 12.5 Å². The summed E-state index contributed by atoms with van der Waals surface area (Å²) in [6, 6.07) is 18.3. The van der Waals surface area contributed by atoms with Gasteiger partial charge in [-0.05, 0) is 31.2 Å². The third-order valence-electron chi connectivity index (χ3n) is 4.12. The van der Waals surface area contributed by atoms with Gasteiger partial charge in [0.2, 0.25) is 0 Å². The van der Waals surface area contributed by atoms with Crippen molar-refractivity contribution in [2.45, 2.75) is 6.92 Å². The van der Waals surface area contributed by atoms with Crippen molar-refractivity contribution in [1.29, 1.82) is 5.26 Å². The van der Waals surface area contributed by atoms with E-state index >= 15 is 0 Å². The second-order valence-corrected chi connectivity index (χ2v) is 6.96. The lowest BCUT2D eigenvalue weighted by atomic mass is 10.2. The second kappa shape index (κ2) is 9.04. The second-order valence-electron chi connectivity index (χ2n) is 5.93. The smallest absolute Gasteiger partial charge is 0.273 e. The predicted molar refractivity (Wildman–Crippen MR) is 113 cm³/mol. The number of carbonyl (C=O) groups is 1. The maximum atomic E-state index is 13.2. The van der Waals surface area contributed by atoms with E-state index in [2.05, 4.69) is 5.32 Å². The molecule has 29 heavy (non-hydrogen) atoms. The summed E-state index contributed by atoms with van der Waals surface area (Å²) in [6.45, 7) is 2.39. The first-order chi connectivity index (χ1) is 14.1. The molecule has 0 saturated carbocycles. The molecule has 0 unspecified atom stereocenters. The summed E-state index contributed by atoms with van der Waals surface area (Å²) in [5, 5.41) is 12.0. The molecule has 0 spiro atoms. The van der Waals surface area contributed by atoms with E-state index in [0.717, 1.165) is 16.9 Å². The molecule has 146 valence electrons. The Kier molecular flexibility index (Phi) is 6.27. The third kappa shape index (κ3) is 4.13. The summed E-state index contributed by atoms with van der Waals surface area (Å²) in [5.74, 6) is 0.117. The molecule has 0 aliphatic heterocycles. The van der Waals surface area contributed by atoms with Crippen LogP contribution in [0.5, 0.6) is 5.75 Å². The molecule has 0 fully saturated rings. The summed E-state index contributed by atoms with van der Waals surface area (Å²) in [7, 11) is 1.45. The highest BCUT2D eigenvalue weighted by Crippen LogP contribution is 2.18. The van der Waals surface area contributed by atoms with Crippen LogP contribution in [0, 0.1) is 11.3 Å². The van der Waals surface area contributed by atoms with Crippen LogP contribution in [-0.4, -0.2) is 24.1 Å². The molecule has 3 rings (SSSR count). The van der Waals surface area contributed by atoms with Gasteiger partial charge in [0.25, 0.3) is 11.5 Å². The summed E-state index contributed by atoms with van der Waals surface area (Å²) in [5.41, 5.74) is 0.909. The Hall–Kier alpha value is -3.63. The quantitative estimate of drug-likeness (QED) is 0.698. The van der Waals surface area contributed by atoms with Crippen LogP contribution < -0.4 is 24.8 Å². The number of rotatable bonds is 5. The largest absolute Gasteiger partial charge is 0.493 e. The lowest BCUT2D eigenvalue weighted by molar-refractivity contribution is -0.115. The highest BCUT2D eigenvalue weighted by molar-refractivity contribution is 7.07. The number of para-hydroxylation sites is 2. The number of hydrogen-bond acceptors (Lipinski definition) is 5. The molecule has 1 heterocycles. The van der Waals surface area contributed by atoms with Gasteiger partial charge < -0.3 is 10.1 Å². The van der Waals surface area contributed by atoms with Crippen LogP contribution in [0.25, 0.3) is 17.3 Å². The SMILES string of the molecule is CCOc1ccccc1/C=c1/s/c(=C(/C#N)C(=O)NC)n(-c2ccccc2)c1=O. The first kappa shape index (κ1) is 20.1. The number of amides is 1. The molecule has 0 aliphatic carbocycles. The maximum Gasteiger partial charge on any atom is 0.273 e. The number of nitrogens with one attached hydrogen (secondary N) is 1. The van der Waals surface area contributed by atoms with E-state index in [1.807, 2.05) is 43.3 Å². The predicted octanol–water partition coefficient (Wildman–Crippen LogP) is 1.55. The molecule has 0 aliphatic rings. The molecule has 2 aromatic carbocycles. The molecule has 0 saturated heterocycles. The molecular formula is C22H19N3O3S. The van der Waals surface area contributed by atoms with Crippen molar-refractivity contribution in [3.05, 3.63) is 79.7 Å². The van der Waals surface area contributed by atoms with Crippen LogP contribution in [0.4, 0.5) is 0 Å². The molecule has 0 bridgehead atoms. The van der Waals surface area contributed by atoms with Crippen molar-refractivity contribution in [2.75, 3.05) is 13.7 Å². The van der Waals surface area contributed by atoms with E-state index in [0.29, 0.717) is 22.6 Å². The fraction of sp³-hybridized carbons (Fsp3) is 0.136. The number of hydrogen-bond donors (Lipinski definition) is 1. The van der Waals surface area contributed by atoms with Crippen LogP contribution >= 0.6 is 11.3 Å². The minimum absolute atomic E-state index is 0.115. The molecule has 1 aromatic heterocycles. The monoisotopic (exact) mass is 405 g/mol. The minimum atomic E-state index is -0.542. The third-order valence-corrected chi connectivity index (χ3v) is 5.22. The van der Waals surface area contributed by atoms with E-state index in [1.165, 1.54) is 11.6 Å². The minimum Gasteiger partial charge on any atom is -0.493 e. The lowest BCUT2D eigenvalue weighted by Crippen LogP contribution is -2.33. The number of thiazole rings is 1. The van der Waals surface area contributed by atoms with Crippen molar-refractivity contribution in [2.24, 2.45) is 0 Å². The van der Waals surface area contributed by atoms with Crippen molar-refractivity contribution < 1.29 is 9.53 Å². The van der Waals surface area contributed by atoms with Gasteiger partial charge >= 0.3 is 0 Å². The molecule has 1 amide bonds. The molecule has 1 N–H and O–H groups in total. The Morgan fingerprint density at radius 1 is 1.21 bits per heavy atom. The van der Waals surface area contributed by atoms with Gasteiger partial charge in [-0.1, -0.05) is 36.4 Å². The van der Waals surface area contributed by atoms with E-state index in [1.54, 1.807) is 30.3 Å². The molecule has 0 radical (unpaired) electrons. The van der Waals surface area contributed by atoms with Crippen LogP contribution in [-0.2, 0) is 4.79 Å². The first-order valence-electron chi connectivity index (χ1n) is 8.98. The molecule has 6 nitrogen and oxygen atoms in total. The van der Waals surface area contributed by atoms with Gasteiger partial charge in [-0.15, -0.1) is 11.3 Å². The Bertz CT molecular complexity index is 1250. The van der Waals surface area contributed by atoms with Crippen molar-refractivity contribution in [3.8, 4) is 17.5 Å². The van der Waals surface area contributed by atoms with Crippen molar-refractivity contribution in [3.63, 3.8) is 0 Å². The van der Waals surface area contributed by atoms with E-state index in [-0.39, 0.29) is 15.8 Å². The summed E-state index contributed by atoms with van der Waals surface area (Å²) in [6.07, 6.45) is 1.72. The van der Waals surface area contributed by atoms with Crippen molar-refractivity contribution >= 4 is 28.9 Å². The number of nitriles is 1. The van der Waals surface area contributed by atoms with Crippen LogP contribution in [0.3, 0.4) is 0 Å². The van der Waals surface area contributed by atoms with Gasteiger partial charge in [-0.3, -0.25) is 14.2 Å². The van der Waals surface area contributed by atoms with Crippen LogP contribution in [0.2, 0.25) is 0 Å². The lowest BCUT2D eigenvalue weighted by Gasteiger charge is -2.05. The fourth-order valence-corrected chi connectivity index (χ4v) is 3.90.